The molecule has 1 fully saturated rings. The molecule has 1 aliphatic heterocycles. The summed E-state index contributed by atoms with van der Waals surface area (Å²) in [7, 11) is 3.72. The molecule has 0 aliphatic carbocycles. The number of carbonyl (C=O) groups excluding carboxylic acids is 1. The van der Waals surface area contributed by atoms with Crippen LogP contribution in [0.5, 0.6) is 11.5 Å². The van der Waals surface area contributed by atoms with Crippen molar-refractivity contribution >= 4 is 6.08 Å². The fourth-order valence-electron chi connectivity index (χ4n) is 2.43. The number of hydrogen-bond donors (Lipinski definition) is 0. The Labute approximate surface area is 119 Å². The van der Waals surface area contributed by atoms with E-state index in [1.807, 2.05) is 18.2 Å². The summed E-state index contributed by atoms with van der Waals surface area (Å²) in [6, 6.07) is 5.62. The van der Waals surface area contributed by atoms with Gasteiger partial charge in [-0.1, -0.05) is 6.07 Å². The van der Waals surface area contributed by atoms with Crippen LogP contribution in [0.2, 0.25) is 0 Å². The Morgan fingerprint density at radius 3 is 3.00 bits per heavy atom. The Bertz CT molecular complexity index is 498. The molecule has 0 bridgehead atoms. The summed E-state index contributed by atoms with van der Waals surface area (Å²) in [5, 5.41) is 0. The number of nitrogens with zero attached hydrogens (tertiary/aromatic N) is 2. The van der Waals surface area contributed by atoms with Crippen LogP contribution in [0.15, 0.2) is 23.2 Å². The van der Waals surface area contributed by atoms with Crippen LogP contribution in [0.3, 0.4) is 0 Å². The van der Waals surface area contributed by atoms with E-state index in [9.17, 15) is 4.79 Å². The zero-order valence-electron chi connectivity index (χ0n) is 12.0. The molecule has 0 aromatic heterocycles. The second-order valence-electron chi connectivity index (χ2n) is 5.04. The van der Waals surface area contributed by atoms with Crippen molar-refractivity contribution in [1.82, 2.24) is 4.90 Å². The van der Waals surface area contributed by atoms with Gasteiger partial charge in [0.05, 0.1) is 13.7 Å². The minimum absolute atomic E-state index is 0.196. The number of aliphatic imine (C=N–C) groups is 1. The van der Waals surface area contributed by atoms with Gasteiger partial charge in [0.15, 0.2) is 11.5 Å². The van der Waals surface area contributed by atoms with E-state index < -0.39 is 0 Å². The van der Waals surface area contributed by atoms with Crippen LogP contribution in [-0.2, 0) is 11.3 Å². The third-order valence-corrected chi connectivity index (χ3v) is 3.43. The molecule has 2 rings (SSSR count). The van der Waals surface area contributed by atoms with Gasteiger partial charge in [0.1, 0.15) is 6.10 Å². The molecule has 20 heavy (non-hydrogen) atoms. The number of rotatable bonds is 5. The first-order valence-electron chi connectivity index (χ1n) is 6.78. The van der Waals surface area contributed by atoms with E-state index >= 15 is 0 Å². The quantitative estimate of drug-likeness (QED) is 0.610. The van der Waals surface area contributed by atoms with Crippen LogP contribution in [0, 0.1) is 0 Å². The average molecular weight is 276 g/mol. The molecule has 1 aliphatic rings. The Hall–Kier alpha value is -1.84. The topological polar surface area (TPSA) is 51.1 Å². The Morgan fingerprint density at radius 2 is 2.30 bits per heavy atom. The van der Waals surface area contributed by atoms with Crippen molar-refractivity contribution in [3.8, 4) is 11.5 Å². The summed E-state index contributed by atoms with van der Waals surface area (Å²) in [5.41, 5.74) is 0.901. The van der Waals surface area contributed by atoms with Crippen molar-refractivity contribution in [3.63, 3.8) is 0 Å². The molecule has 1 aromatic carbocycles. The van der Waals surface area contributed by atoms with E-state index in [-0.39, 0.29) is 6.10 Å². The van der Waals surface area contributed by atoms with Crippen LogP contribution >= 0.6 is 0 Å². The largest absolute Gasteiger partial charge is 0.493 e. The lowest BCUT2D eigenvalue weighted by Gasteiger charge is -2.30. The van der Waals surface area contributed by atoms with Gasteiger partial charge < -0.3 is 14.4 Å². The summed E-state index contributed by atoms with van der Waals surface area (Å²) < 4.78 is 11.4. The fraction of sp³-hybridized carbons (Fsp3) is 0.533. The van der Waals surface area contributed by atoms with Crippen molar-refractivity contribution in [2.75, 3.05) is 27.2 Å². The van der Waals surface area contributed by atoms with Crippen molar-refractivity contribution in [3.05, 3.63) is 23.8 Å². The van der Waals surface area contributed by atoms with E-state index in [1.54, 1.807) is 7.11 Å². The molecule has 1 atom stereocenters. The first-order chi connectivity index (χ1) is 9.72. The normalized spacial score (nSPS) is 19.2. The molecule has 5 heteroatoms. The predicted molar refractivity (Wildman–Crippen MR) is 76.0 cm³/mol. The van der Waals surface area contributed by atoms with Gasteiger partial charge in [-0.15, -0.1) is 0 Å². The van der Waals surface area contributed by atoms with Crippen LogP contribution in [0.25, 0.3) is 0 Å². The number of likely N-dealkylation sites (tertiary alicyclic amines) is 1. The molecular formula is C15H20N2O3. The van der Waals surface area contributed by atoms with Crippen molar-refractivity contribution in [2.45, 2.75) is 25.5 Å². The first kappa shape index (κ1) is 14.6. The molecule has 108 valence electrons. The zero-order valence-corrected chi connectivity index (χ0v) is 12.0. The molecule has 0 amide bonds. The molecule has 1 aromatic rings. The lowest BCUT2D eigenvalue weighted by molar-refractivity contribution is 0.101. The minimum atomic E-state index is 0.196. The molecule has 1 heterocycles. The molecule has 0 saturated carbocycles. The van der Waals surface area contributed by atoms with E-state index in [0.29, 0.717) is 12.3 Å². The molecule has 0 N–H and O–H groups in total. The van der Waals surface area contributed by atoms with Gasteiger partial charge in [-0.3, -0.25) is 0 Å². The van der Waals surface area contributed by atoms with Crippen LogP contribution in [0.1, 0.15) is 18.4 Å². The van der Waals surface area contributed by atoms with Gasteiger partial charge >= 0.3 is 0 Å². The Kier molecular flexibility index (Phi) is 5.16. The molecule has 1 saturated heterocycles. The minimum Gasteiger partial charge on any atom is -0.493 e. The lowest BCUT2D eigenvalue weighted by Crippen LogP contribution is -2.38. The Balaban J connectivity index is 2.08. The molecule has 5 nitrogen and oxygen atoms in total. The van der Waals surface area contributed by atoms with E-state index in [0.717, 1.165) is 37.2 Å². The SMILES string of the molecule is COc1cc(CN=C=O)ccc1OC1CCCN(C)C1. The van der Waals surface area contributed by atoms with Gasteiger partial charge in [0.25, 0.3) is 0 Å². The van der Waals surface area contributed by atoms with Crippen LogP contribution in [-0.4, -0.2) is 44.3 Å². The zero-order chi connectivity index (χ0) is 14.4. The van der Waals surface area contributed by atoms with E-state index in [4.69, 9.17) is 9.47 Å². The second-order valence-corrected chi connectivity index (χ2v) is 5.04. The van der Waals surface area contributed by atoms with Gasteiger partial charge in [-0.25, -0.2) is 9.79 Å². The van der Waals surface area contributed by atoms with Crippen molar-refractivity contribution < 1.29 is 14.3 Å². The van der Waals surface area contributed by atoms with Gasteiger partial charge in [-0.05, 0) is 44.1 Å². The van der Waals surface area contributed by atoms with Crippen molar-refractivity contribution in [2.24, 2.45) is 4.99 Å². The Morgan fingerprint density at radius 1 is 1.45 bits per heavy atom. The number of piperidine rings is 1. The second kappa shape index (κ2) is 7.08. The van der Waals surface area contributed by atoms with Crippen molar-refractivity contribution in [1.29, 1.82) is 0 Å². The summed E-state index contributed by atoms with van der Waals surface area (Å²) in [6.07, 6.45) is 3.94. The van der Waals surface area contributed by atoms with Gasteiger partial charge in [0, 0.05) is 6.54 Å². The van der Waals surface area contributed by atoms with Gasteiger partial charge in [0.2, 0.25) is 6.08 Å². The monoisotopic (exact) mass is 276 g/mol. The van der Waals surface area contributed by atoms with Gasteiger partial charge in [-0.2, -0.15) is 0 Å². The third-order valence-electron chi connectivity index (χ3n) is 3.43. The maximum Gasteiger partial charge on any atom is 0.235 e. The molecule has 0 spiro atoms. The van der Waals surface area contributed by atoms with E-state index in [1.165, 1.54) is 6.08 Å². The first-order valence-corrected chi connectivity index (χ1v) is 6.78. The molecular weight excluding hydrogens is 256 g/mol. The molecule has 0 radical (unpaired) electrons. The number of benzene rings is 1. The lowest BCUT2D eigenvalue weighted by atomic mass is 10.1. The fourth-order valence-corrected chi connectivity index (χ4v) is 2.43. The third kappa shape index (κ3) is 3.83. The smallest absolute Gasteiger partial charge is 0.235 e. The maximum atomic E-state index is 10.1. The number of methoxy groups -OCH3 is 1. The van der Waals surface area contributed by atoms with Crippen LogP contribution in [0.4, 0.5) is 0 Å². The standard InChI is InChI=1S/C15H20N2O3/c1-17-7-3-4-13(10-17)20-14-6-5-12(9-16-11-18)8-15(14)19-2/h5-6,8,13H,3-4,7,9-10H2,1-2H3. The average Bonchev–Trinajstić information content (AvgIpc) is 2.46. The highest BCUT2D eigenvalue weighted by atomic mass is 16.5. The highest BCUT2D eigenvalue weighted by Crippen LogP contribution is 2.30. The van der Waals surface area contributed by atoms with E-state index in [2.05, 4.69) is 16.9 Å². The number of isocyanates is 1. The highest BCUT2D eigenvalue weighted by molar-refractivity contribution is 5.43. The number of likely N-dealkylation sites (N-methyl/N-ethyl adjacent to an activating group) is 1. The van der Waals surface area contributed by atoms with Crippen LogP contribution < -0.4 is 9.47 Å². The number of hydrogen-bond acceptors (Lipinski definition) is 5. The predicted octanol–water partition coefficient (Wildman–Crippen LogP) is 2.00. The maximum absolute atomic E-state index is 10.1. The highest BCUT2D eigenvalue weighted by Gasteiger charge is 2.20. The number of ether oxygens (including phenoxy) is 2. The summed E-state index contributed by atoms with van der Waals surface area (Å²) in [5.74, 6) is 1.42. The summed E-state index contributed by atoms with van der Waals surface area (Å²) >= 11 is 0. The summed E-state index contributed by atoms with van der Waals surface area (Å²) in [6.45, 7) is 2.37. The molecule has 1 unspecified atom stereocenters. The summed E-state index contributed by atoms with van der Waals surface area (Å²) in [4.78, 5) is 16.0.